The smallest absolute Gasteiger partial charge is 0.407 e. The molecule has 0 saturated carbocycles. The first-order valence-electron chi connectivity index (χ1n) is 10.1. The summed E-state index contributed by atoms with van der Waals surface area (Å²) in [7, 11) is 1.35. The molecule has 0 aromatic heterocycles. The standard InChI is InChI=1S/C24H31NO5/c1-24(2,3)30-23(27)25-20(12-15-22(26)28-4)16-18-10-13-21(14-11-18)29-17-19-8-6-5-7-9-19/h5-11,13-14,20H,12,15-17H2,1-4H3,(H,25,27). The summed E-state index contributed by atoms with van der Waals surface area (Å²) in [6.07, 6.45) is 0.739. The van der Waals surface area contributed by atoms with Gasteiger partial charge in [0.2, 0.25) is 0 Å². The van der Waals surface area contributed by atoms with E-state index in [1.165, 1.54) is 7.11 Å². The number of alkyl carbamates (subject to hydrolysis) is 1. The number of methoxy groups -OCH3 is 1. The first kappa shape index (κ1) is 23.3. The zero-order valence-corrected chi connectivity index (χ0v) is 18.1. The van der Waals surface area contributed by atoms with E-state index in [-0.39, 0.29) is 18.4 Å². The molecular formula is C24H31NO5. The van der Waals surface area contributed by atoms with Crippen molar-refractivity contribution < 1.29 is 23.8 Å². The molecule has 0 spiro atoms. The van der Waals surface area contributed by atoms with E-state index in [9.17, 15) is 9.59 Å². The highest BCUT2D eigenvalue weighted by Crippen LogP contribution is 2.17. The molecule has 2 aromatic rings. The van der Waals surface area contributed by atoms with Gasteiger partial charge in [-0.1, -0.05) is 42.5 Å². The second-order valence-corrected chi connectivity index (χ2v) is 8.08. The number of esters is 1. The Labute approximate surface area is 178 Å². The minimum atomic E-state index is -0.589. The Kier molecular flexibility index (Phi) is 8.71. The molecule has 0 heterocycles. The van der Waals surface area contributed by atoms with Crippen LogP contribution in [0.15, 0.2) is 54.6 Å². The van der Waals surface area contributed by atoms with Gasteiger partial charge in [0.25, 0.3) is 0 Å². The lowest BCUT2D eigenvalue weighted by atomic mass is 10.0. The maximum absolute atomic E-state index is 12.2. The highest BCUT2D eigenvalue weighted by Gasteiger charge is 2.20. The predicted octanol–water partition coefficient (Wildman–Crippen LogP) is 4.65. The van der Waals surface area contributed by atoms with Crippen LogP contribution in [0, 0.1) is 0 Å². The number of hydrogen-bond donors (Lipinski definition) is 1. The predicted molar refractivity (Wildman–Crippen MR) is 115 cm³/mol. The summed E-state index contributed by atoms with van der Waals surface area (Å²) >= 11 is 0. The average molecular weight is 414 g/mol. The lowest BCUT2D eigenvalue weighted by Gasteiger charge is -2.23. The SMILES string of the molecule is COC(=O)CCC(Cc1ccc(OCc2ccccc2)cc1)NC(=O)OC(C)(C)C. The van der Waals surface area contributed by atoms with Gasteiger partial charge in [0.1, 0.15) is 18.0 Å². The van der Waals surface area contributed by atoms with E-state index in [0.717, 1.165) is 16.9 Å². The summed E-state index contributed by atoms with van der Waals surface area (Å²) in [6, 6.07) is 17.4. The van der Waals surface area contributed by atoms with Gasteiger partial charge in [-0.25, -0.2) is 4.79 Å². The Hall–Kier alpha value is -3.02. The van der Waals surface area contributed by atoms with Crippen molar-refractivity contribution in [3.8, 4) is 5.75 Å². The maximum Gasteiger partial charge on any atom is 0.407 e. The second-order valence-electron chi connectivity index (χ2n) is 8.08. The zero-order chi connectivity index (χ0) is 22.0. The van der Waals surface area contributed by atoms with E-state index in [0.29, 0.717) is 19.4 Å². The summed E-state index contributed by atoms with van der Waals surface area (Å²) < 4.78 is 15.9. The fourth-order valence-corrected chi connectivity index (χ4v) is 2.84. The molecule has 1 N–H and O–H groups in total. The third kappa shape index (κ3) is 8.99. The van der Waals surface area contributed by atoms with Crippen LogP contribution in [-0.2, 0) is 27.3 Å². The lowest BCUT2D eigenvalue weighted by molar-refractivity contribution is -0.140. The fourth-order valence-electron chi connectivity index (χ4n) is 2.84. The molecule has 0 radical (unpaired) electrons. The molecule has 1 amide bonds. The van der Waals surface area contributed by atoms with E-state index in [2.05, 4.69) is 5.32 Å². The fraction of sp³-hybridized carbons (Fsp3) is 0.417. The number of ether oxygens (including phenoxy) is 3. The molecule has 0 aliphatic carbocycles. The Morgan fingerprint density at radius 3 is 2.23 bits per heavy atom. The van der Waals surface area contributed by atoms with Crippen LogP contribution in [0.5, 0.6) is 5.75 Å². The van der Waals surface area contributed by atoms with E-state index in [1.54, 1.807) is 0 Å². The molecule has 162 valence electrons. The quantitative estimate of drug-likeness (QED) is 0.606. The van der Waals surface area contributed by atoms with E-state index in [1.807, 2.05) is 75.4 Å². The van der Waals surface area contributed by atoms with Gasteiger partial charge in [-0.15, -0.1) is 0 Å². The molecule has 0 bridgehead atoms. The molecule has 6 nitrogen and oxygen atoms in total. The summed E-state index contributed by atoms with van der Waals surface area (Å²) in [4.78, 5) is 23.7. The van der Waals surface area contributed by atoms with Crippen LogP contribution in [0.25, 0.3) is 0 Å². The van der Waals surface area contributed by atoms with Crippen molar-refractivity contribution in [2.45, 2.75) is 58.3 Å². The van der Waals surface area contributed by atoms with Crippen molar-refractivity contribution in [3.05, 3.63) is 65.7 Å². The number of carbonyl (C=O) groups is 2. The van der Waals surface area contributed by atoms with Crippen molar-refractivity contribution in [2.75, 3.05) is 7.11 Å². The van der Waals surface area contributed by atoms with Gasteiger partial charge in [0.15, 0.2) is 0 Å². The van der Waals surface area contributed by atoms with E-state index in [4.69, 9.17) is 14.2 Å². The molecule has 1 atom stereocenters. The van der Waals surface area contributed by atoms with Crippen molar-refractivity contribution in [1.29, 1.82) is 0 Å². The minimum absolute atomic E-state index is 0.217. The average Bonchev–Trinajstić information content (AvgIpc) is 2.70. The van der Waals surface area contributed by atoms with E-state index >= 15 is 0 Å². The van der Waals surface area contributed by atoms with Crippen LogP contribution in [0.3, 0.4) is 0 Å². The third-order valence-electron chi connectivity index (χ3n) is 4.30. The summed E-state index contributed by atoms with van der Waals surface area (Å²) in [6.45, 7) is 5.93. The van der Waals surface area contributed by atoms with Crippen molar-refractivity contribution in [3.63, 3.8) is 0 Å². The van der Waals surface area contributed by atoms with Crippen LogP contribution >= 0.6 is 0 Å². The van der Waals surface area contributed by atoms with Crippen molar-refractivity contribution in [1.82, 2.24) is 5.32 Å². The van der Waals surface area contributed by atoms with Crippen LogP contribution in [-0.4, -0.2) is 30.8 Å². The van der Waals surface area contributed by atoms with Crippen LogP contribution < -0.4 is 10.1 Å². The number of carbonyl (C=O) groups excluding carboxylic acids is 2. The molecule has 0 aliphatic heterocycles. The topological polar surface area (TPSA) is 73.9 Å². The number of hydrogen-bond acceptors (Lipinski definition) is 5. The third-order valence-corrected chi connectivity index (χ3v) is 4.30. The number of nitrogens with one attached hydrogen (secondary N) is 1. The second kappa shape index (κ2) is 11.2. The molecule has 1 unspecified atom stereocenters. The number of benzene rings is 2. The number of rotatable bonds is 9. The highest BCUT2D eigenvalue weighted by molar-refractivity contribution is 5.70. The molecule has 0 aliphatic rings. The maximum atomic E-state index is 12.2. The van der Waals surface area contributed by atoms with Gasteiger partial charge in [0.05, 0.1) is 7.11 Å². The molecule has 2 aromatic carbocycles. The normalized spacial score (nSPS) is 12.0. The largest absolute Gasteiger partial charge is 0.489 e. The first-order chi connectivity index (χ1) is 14.2. The molecular weight excluding hydrogens is 382 g/mol. The van der Waals surface area contributed by atoms with Crippen LogP contribution in [0.4, 0.5) is 4.79 Å². The van der Waals surface area contributed by atoms with E-state index < -0.39 is 11.7 Å². The summed E-state index contributed by atoms with van der Waals surface area (Å²) in [5, 5.41) is 2.86. The highest BCUT2D eigenvalue weighted by atomic mass is 16.6. The van der Waals surface area contributed by atoms with Gasteiger partial charge in [-0.05, 0) is 56.9 Å². The van der Waals surface area contributed by atoms with Crippen molar-refractivity contribution in [2.24, 2.45) is 0 Å². The van der Waals surface area contributed by atoms with Gasteiger partial charge in [-0.3, -0.25) is 4.79 Å². The Bertz CT molecular complexity index is 797. The monoisotopic (exact) mass is 413 g/mol. The summed E-state index contributed by atoms with van der Waals surface area (Å²) in [5.74, 6) is 0.462. The Balaban J connectivity index is 1.95. The Morgan fingerprint density at radius 1 is 0.967 bits per heavy atom. The number of amides is 1. The first-order valence-corrected chi connectivity index (χ1v) is 10.1. The van der Waals surface area contributed by atoms with Crippen LogP contribution in [0.2, 0.25) is 0 Å². The van der Waals surface area contributed by atoms with Gasteiger partial charge in [0, 0.05) is 12.5 Å². The van der Waals surface area contributed by atoms with Crippen LogP contribution in [0.1, 0.15) is 44.7 Å². The van der Waals surface area contributed by atoms with Gasteiger partial charge >= 0.3 is 12.1 Å². The lowest BCUT2D eigenvalue weighted by Crippen LogP contribution is -2.40. The molecule has 0 saturated heterocycles. The molecule has 6 heteroatoms. The molecule has 2 rings (SSSR count). The van der Waals surface area contributed by atoms with Crippen molar-refractivity contribution >= 4 is 12.1 Å². The zero-order valence-electron chi connectivity index (χ0n) is 18.1. The Morgan fingerprint density at radius 2 is 1.63 bits per heavy atom. The van der Waals surface area contributed by atoms with Gasteiger partial charge < -0.3 is 19.5 Å². The minimum Gasteiger partial charge on any atom is -0.489 e. The van der Waals surface area contributed by atoms with Gasteiger partial charge in [-0.2, -0.15) is 0 Å². The molecule has 30 heavy (non-hydrogen) atoms. The molecule has 0 fully saturated rings. The summed E-state index contributed by atoms with van der Waals surface area (Å²) in [5.41, 5.74) is 1.54.